The minimum atomic E-state index is -0.657. The zero-order valence-electron chi connectivity index (χ0n) is 24.2. The fourth-order valence-corrected chi connectivity index (χ4v) is 6.43. The summed E-state index contributed by atoms with van der Waals surface area (Å²) in [5.74, 6) is 0.583. The molecule has 2 amide bonds. The SMILES string of the molecule is COC(=O)N[C@H](C(=O)N1CCC[C@H]1c1ncc(-c2ccc3c(c2)C(C)(C)c2cc(-c4ccc[nH]4)ccc2-3)[nH]1)C(C)C. The maximum atomic E-state index is 13.5. The van der Waals surface area contributed by atoms with Gasteiger partial charge in [0.25, 0.3) is 0 Å². The molecule has 8 heteroatoms. The van der Waals surface area contributed by atoms with E-state index in [9.17, 15) is 9.59 Å². The summed E-state index contributed by atoms with van der Waals surface area (Å²) >= 11 is 0. The Morgan fingerprint density at radius 1 is 1.05 bits per heavy atom. The Hall–Kier alpha value is -4.33. The molecule has 3 N–H and O–H groups in total. The van der Waals surface area contributed by atoms with Crippen LogP contribution in [0.2, 0.25) is 0 Å². The van der Waals surface area contributed by atoms with Crippen molar-refractivity contribution in [2.45, 2.75) is 58.0 Å². The van der Waals surface area contributed by atoms with Crippen molar-refractivity contribution in [1.82, 2.24) is 25.2 Å². The van der Waals surface area contributed by atoms with Gasteiger partial charge in [0.2, 0.25) is 5.91 Å². The average molecular weight is 552 g/mol. The number of methoxy groups -OCH3 is 1. The molecule has 1 saturated heterocycles. The maximum Gasteiger partial charge on any atom is 0.407 e. The first-order valence-electron chi connectivity index (χ1n) is 14.3. The summed E-state index contributed by atoms with van der Waals surface area (Å²) in [6, 6.07) is 16.7. The first-order chi connectivity index (χ1) is 19.7. The Morgan fingerprint density at radius 3 is 2.34 bits per heavy atom. The van der Waals surface area contributed by atoms with Gasteiger partial charge in [-0.1, -0.05) is 52.0 Å². The van der Waals surface area contributed by atoms with Crippen molar-refractivity contribution in [2.24, 2.45) is 5.92 Å². The van der Waals surface area contributed by atoms with Gasteiger partial charge in [0.1, 0.15) is 11.9 Å². The standard InChI is InChI=1S/C33H37N5O3/c1-19(2)29(37-32(40)41-5)31(39)38-15-7-9-28(38)30-35-18-27(36-30)21-11-13-23-22-12-10-20(26-8-6-14-34-26)16-24(22)33(3,4)25(23)17-21/h6,8,10-14,16-19,28-29,34H,7,9,15H2,1-5H3,(H,35,36)(H,37,40)/t28-,29-/m0/s1. The first-order valence-corrected chi connectivity index (χ1v) is 14.3. The molecule has 0 saturated carbocycles. The third-order valence-corrected chi connectivity index (χ3v) is 8.73. The van der Waals surface area contributed by atoms with Crippen LogP contribution in [0.25, 0.3) is 33.6 Å². The molecule has 3 heterocycles. The van der Waals surface area contributed by atoms with Gasteiger partial charge in [0, 0.05) is 23.9 Å². The number of amides is 2. The Morgan fingerprint density at radius 2 is 1.73 bits per heavy atom. The summed E-state index contributed by atoms with van der Waals surface area (Å²) in [4.78, 5) is 38.8. The van der Waals surface area contributed by atoms with E-state index in [1.807, 2.05) is 37.2 Å². The van der Waals surface area contributed by atoms with Crippen LogP contribution in [0.15, 0.2) is 60.9 Å². The quantitative estimate of drug-likeness (QED) is 0.257. The molecule has 2 aliphatic rings. The van der Waals surface area contributed by atoms with E-state index in [1.54, 1.807) is 0 Å². The van der Waals surface area contributed by atoms with Crippen LogP contribution in [0.3, 0.4) is 0 Å². The predicted molar refractivity (Wildman–Crippen MR) is 159 cm³/mol. The summed E-state index contributed by atoms with van der Waals surface area (Å²) in [5, 5.41) is 2.71. The second-order valence-corrected chi connectivity index (χ2v) is 12.0. The molecule has 6 rings (SSSR count). The predicted octanol–water partition coefficient (Wildman–Crippen LogP) is 6.42. The van der Waals surface area contributed by atoms with Crippen LogP contribution in [0.4, 0.5) is 4.79 Å². The summed E-state index contributed by atoms with van der Waals surface area (Å²) in [6.07, 6.45) is 4.91. The van der Waals surface area contributed by atoms with E-state index < -0.39 is 12.1 Å². The zero-order valence-corrected chi connectivity index (χ0v) is 24.2. The molecule has 2 atom stereocenters. The number of nitrogens with one attached hydrogen (secondary N) is 3. The molecule has 2 aromatic heterocycles. The Labute approximate surface area is 240 Å². The highest BCUT2D eigenvalue weighted by Gasteiger charge is 2.38. The van der Waals surface area contributed by atoms with E-state index in [1.165, 1.54) is 34.9 Å². The largest absolute Gasteiger partial charge is 0.453 e. The van der Waals surface area contributed by atoms with Crippen molar-refractivity contribution in [1.29, 1.82) is 0 Å². The number of hydrogen-bond acceptors (Lipinski definition) is 4. The van der Waals surface area contributed by atoms with Gasteiger partial charge in [-0.25, -0.2) is 9.78 Å². The number of H-pyrrole nitrogens is 2. The summed E-state index contributed by atoms with van der Waals surface area (Å²) < 4.78 is 4.76. The number of imidazole rings is 1. The normalized spacial score (nSPS) is 17.8. The molecular weight excluding hydrogens is 514 g/mol. The maximum absolute atomic E-state index is 13.5. The topological polar surface area (TPSA) is 103 Å². The highest BCUT2D eigenvalue weighted by molar-refractivity contribution is 5.87. The molecule has 0 radical (unpaired) electrons. The van der Waals surface area contributed by atoms with Gasteiger partial charge in [-0.3, -0.25) is 4.79 Å². The van der Waals surface area contributed by atoms with Gasteiger partial charge < -0.3 is 24.9 Å². The molecule has 41 heavy (non-hydrogen) atoms. The van der Waals surface area contributed by atoms with E-state index in [2.05, 4.69) is 71.6 Å². The Kier molecular flexibility index (Phi) is 6.72. The van der Waals surface area contributed by atoms with E-state index in [0.717, 1.165) is 35.6 Å². The second kappa shape index (κ2) is 10.3. The highest BCUT2D eigenvalue weighted by atomic mass is 16.5. The van der Waals surface area contributed by atoms with Crippen LogP contribution >= 0.6 is 0 Å². The number of aromatic nitrogens is 3. The number of fused-ring (bicyclic) bond motifs is 3. The molecule has 2 aromatic carbocycles. The van der Waals surface area contributed by atoms with Crippen molar-refractivity contribution in [3.05, 3.63) is 77.9 Å². The van der Waals surface area contributed by atoms with Crippen molar-refractivity contribution in [3.8, 4) is 33.6 Å². The van der Waals surface area contributed by atoms with Crippen LogP contribution in [0.1, 0.15) is 63.5 Å². The number of carbonyl (C=O) groups excluding carboxylic acids is 2. The third kappa shape index (κ3) is 4.61. The summed E-state index contributed by atoms with van der Waals surface area (Å²) in [7, 11) is 1.31. The van der Waals surface area contributed by atoms with Crippen molar-refractivity contribution >= 4 is 12.0 Å². The molecule has 1 aliphatic heterocycles. The van der Waals surface area contributed by atoms with Crippen LogP contribution in [0.5, 0.6) is 0 Å². The number of aromatic amines is 2. The van der Waals surface area contributed by atoms with Crippen molar-refractivity contribution in [2.75, 3.05) is 13.7 Å². The minimum absolute atomic E-state index is 0.0761. The van der Waals surface area contributed by atoms with E-state index in [0.29, 0.717) is 6.54 Å². The Bertz CT molecular complexity index is 1600. The molecule has 0 unspecified atom stereocenters. The lowest BCUT2D eigenvalue weighted by Crippen LogP contribution is -2.51. The lowest BCUT2D eigenvalue weighted by atomic mass is 9.81. The number of hydrogen-bond donors (Lipinski definition) is 3. The average Bonchev–Trinajstić information content (AvgIpc) is 3.78. The van der Waals surface area contributed by atoms with Crippen LogP contribution < -0.4 is 5.32 Å². The smallest absolute Gasteiger partial charge is 0.407 e. The lowest BCUT2D eigenvalue weighted by molar-refractivity contribution is -0.135. The molecule has 4 aromatic rings. The van der Waals surface area contributed by atoms with Gasteiger partial charge in [-0.05, 0) is 76.4 Å². The molecule has 0 spiro atoms. The molecule has 212 valence electrons. The van der Waals surface area contributed by atoms with E-state index in [4.69, 9.17) is 9.72 Å². The first kappa shape index (κ1) is 26.9. The van der Waals surface area contributed by atoms with Gasteiger partial charge in [-0.2, -0.15) is 0 Å². The number of ether oxygens (including phenoxy) is 1. The monoisotopic (exact) mass is 551 g/mol. The third-order valence-electron chi connectivity index (χ3n) is 8.73. The van der Waals surface area contributed by atoms with Gasteiger partial charge in [0.05, 0.1) is 25.0 Å². The number of benzene rings is 2. The molecule has 1 fully saturated rings. The molecule has 1 aliphatic carbocycles. The van der Waals surface area contributed by atoms with Crippen LogP contribution in [0, 0.1) is 5.92 Å². The van der Waals surface area contributed by atoms with Crippen LogP contribution in [-0.4, -0.2) is 51.5 Å². The fraction of sp³-hybridized carbons (Fsp3) is 0.364. The van der Waals surface area contributed by atoms with E-state index >= 15 is 0 Å². The molecule has 0 bridgehead atoms. The minimum Gasteiger partial charge on any atom is -0.453 e. The number of nitrogens with zero attached hydrogens (tertiary/aromatic N) is 2. The molecule has 8 nitrogen and oxygen atoms in total. The number of likely N-dealkylation sites (tertiary alicyclic amines) is 1. The number of carbonyl (C=O) groups is 2. The second-order valence-electron chi connectivity index (χ2n) is 12.0. The summed E-state index contributed by atoms with van der Waals surface area (Å²) in [5.41, 5.74) is 9.29. The highest BCUT2D eigenvalue weighted by Crippen LogP contribution is 2.50. The van der Waals surface area contributed by atoms with Crippen molar-refractivity contribution in [3.63, 3.8) is 0 Å². The van der Waals surface area contributed by atoms with Gasteiger partial charge in [-0.15, -0.1) is 0 Å². The van der Waals surface area contributed by atoms with Crippen LogP contribution in [-0.2, 0) is 14.9 Å². The van der Waals surface area contributed by atoms with E-state index in [-0.39, 0.29) is 23.3 Å². The number of rotatable bonds is 6. The van der Waals surface area contributed by atoms with Gasteiger partial charge >= 0.3 is 6.09 Å². The molecular formula is C33H37N5O3. The lowest BCUT2D eigenvalue weighted by Gasteiger charge is -2.30. The van der Waals surface area contributed by atoms with Gasteiger partial charge in [0.15, 0.2) is 0 Å². The Balaban J connectivity index is 1.27. The summed E-state index contributed by atoms with van der Waals surface area (Å²) in [6.45, 7) is 9.04. The fourth-order valence-electron chi connectivity index (χ4n) is 6.43. The zero-order chi connectivity index (χ0) is 28.9. The van der Waals surface area contributed by atoms with Crippen molar-refractivity contribution < 1.29 is 14.3 Å². The number of alkyl carbamates (subject to hydrolysis) is 1.